The highest BCUT2D eigenvalue weighted by molar-refractivity contribution is 5.94. The van der Waals surface area contributed by atoms with Gasteiger partial charge in [0.2, 0.25) is 0 Å². The molecule has 0 saturated carbocycles. The van der Waals surface area contributed by atoms with Crippen LogP contribution < -0.4 is 5.69 Å². The van der Waals surface area contributed by atoms with E-state index in [1.54, 1.807) is 33.3 Å². The number of imidazole rings is 1. The number of hydrogen-bond donors (Lipinski definition) is 0. The maximum Gasteiger partial charge on any atom is 0.330 e. The Labute approximate surface area is 131 Å². The molecule has 23 heavy (non-hydrogen) atoms. The third-order valence-corrected chi connectivity index (χ3v) is 4.43. The summed E-state index contributed by atoms with van der Waals surface area (Å²) in [4.78, 5) is 31.0. The lowest BCUT2D eigenvalue weighted by Crippen LogP contribution is -2.31. The van der Waals surface area contributed by atoms with Crippen LogP contribution in [0, 0.1) is 0 Å². The van der Waals surface area contributed by atoms with E-state index in [0.717, 1.165) is 11.9 Å². The molecule has 7 nitrogen and oxygen atoms in total. The molecule has 3 aromatic rings. The molecule has 118 valence electrons. The molecule has 1 aliphatic heterocycles. The number of hydrogen-bond acceptors (Lipinski definition) is 4. The number of carbonyl (C=O) groups excluding carboxylic acids is 1. The van der Waals surface area contributed by atoms with Gasteiger partial charge in [0.1, 0.15) is 6.26 Å². The monoisotopic (exact) mass is 312 g/mol. The van der Waals surface area contributed by atoms with E-state index < -0.39 is 0 Å². The molecule has 4 rings (SSSR count). The Balaban J connectivity index is 1.67. The van der Waals surface area contributed by atoms with Crippen molar-refractivity contribution in [2.45, 2.75) is 12.5 Å². The van der Waals surface area contributed by atoms with Crippen LogP contribution in [-0.4, -0.2) is 38.0 Å². The van der Waals surface area contributed by atoms with Crippen molar-refractivity contribution in [1.82, 2.24) is 19.0 Å². The number of rotatable bonds is 2. The van der Waals surface area contributed by atoms with Crippen LogP contribution in [0.1, 0.15) is 22.8 Å². The number of amides is 1. The van der Waals surface area contributed by atoms with E-state index in [1.165, 1.54) is 12.5 Å². The van der Waals surface area contributed by atoms with Crippen molar-refractivity contribution < 1.29 is 9.21 Å². The molecular weight excluding hydrogens is 296 g/mol. The van der Waals surface area contributed by atoms with Gasteiger partial charge in [-0.1, -0.05) is 0 Å². The van der Waals surface area contributed by atoms with E-state index in [9.17, 15) is 9.59 Å². The normalized spacial score (nSPS) is 18.0. The molecule has 1 atom stereocenters. The van der Waals surface area contributed by atoms with Gasteiger partial charge in [-0.05, 0) is 24.6 Å². The van der Waals surface area contributed by atoms with Gasteiger partial charge in [-0.2, -0.15) is 0 Å². The maximum atomic E-state index is 12.5. The number of carbonyl (C=O) groups is 1. The average Bonchev–Trinajstić information content (AvgIpc) is 3.29. The summed E-state index contributed by atoms with van der Waals surface area (Å²) in [5, 5.41) is 0. The molecule has 4 heterocycles. The lowest BCUT2D eigenvalue weighted by molar-refractivity contribution is 0.0787. The Morgan fingerprint density at radius 2 is 2.26 bits per heavy atom. The highest BCUT2D eigenvalue weighted by Gasteiger charge is 2.31. The first-order valence-corrected chi connectivity index (χ1v) is 7.50. The molecule has 0 radical (unpaired) electrons. The minimum Gasteiger partial charge on any atom is -0.472 e. The van der Waals surface area contributed by atoms with Gasteiger partial charge in [-0.15, -0.1) is 0 Å². The van der Waals surface area contributed by atoms with Crippen molar-refractivity contribution in [1.29, 1.82) is 0 Å². The van der Waals surface area contributed by atoms with Gasteiger partial charge >= 0.3 is 5.69 Å². The zero-order chi connectivity index (χ0) is 16.0. The molecule has 0 bridgehead atoms. The molecule has 1 saturated heterocycles. The predicted octanol–water partition coefficient (Wildman–Crippen LogP) is 1.42. The fourth-order valence-corrected chi connectivity index (χ4v) is 3.23. The molecule has 0 spiro atoms. The summed E-state index contributed by atoms with van der Waals surface area (Å²) in [5.74, 6) is -0.0671. The molecule has 0 aromatic carbocycles. The summed E-state index contributed by atoms with van der Waals surface area (Å²) < 4.78 is 8.28. The van der Waals surface area contributed by atoms with Crippen molar-refractivity contribution >= 4 is 17.1 Å². The van der Waals surface area contributed by atoms with Gasteiger partial charge in [0.05, 0.1) is 23.4 Å². The van der Waals surface area contributed by atoms with Gasteiger partial charge in [0.25, 0.3) is 5.91 Å². The second kappa shape index (κ2) is 5.12. The summed E-state index contributed by atoms with van der Waals surface area (Å²) in [6.45, 7) is 1.12. The first-order valence-electron chi connectivity index (χ1n) is 7.50. The standard InChI is InChI=1S/C16H16N4O3/c1-18-13-3-2-6-17-14(13)20(16(18)22)12-4-7-19(9-12)15(21)11-5-8-23-10-11/h2-3,5-6,8,10,12H,4,7,9H2,1H3/t12-/m1/s1. The lowest BCUT2D eigenvalue weighted by atomic mass is 10.2. The molecule has 0 N–H and O–H groups in total. The van der Waals surface area contributed by atoms with Crippen LogP contribution in [0.15, 0.2) is 46.1 Å². The maximum absolute atomic E-state index is 12.5. The van der Waals surface area contributed by atoms with E-state index in [-0.39, 0.29) is 17.6 Å². The highest BCUT2D eigenvalue weighted by atomic mass is 16.3. The fourth-order valence-electron chi connectivity index (χ4n) is 3.23. The molecule has 1 aliphatic rings. The molecule has 1 fully saturated rings. The molecule has 0 aliphatic carbocycles. The van der Waals surface area contributed by atoms with E-state index in [0.29, 0.717) is 24.3 Å². The summed E-state index contributed by atoms with van der Waals surface area (Å²) in [6.07, 6.45) is 5.35. The lowest BCUT2D eigenvalue weighted by Gasteiger charge is -2.16. The van der Waals surface area contributed by atoms with E-state index in [1.807, 2.05) is 12.1 Å². The third kappa shape index (κ3) is 2.08. The minimum atomic E-state index is -0.0960. The average molecular weight is 312 g/mol. The Kier molecular flexibility index (Phi) is 3.07. The predicted molar refractivity (Wildman–Crippen MR) is 83.2 cm³/mol. The molecule has 0 unspecified atom stereocenters. The number of furan rings is 1. The second-order valence-corrected chi connectivity index (χ2v) is 5.76. The van der Waals surface area contributed by atoms with E-state index >= 15 is 0 Å². The highest BCUT2D eigenvalue weighted by Crippen LogP contribution is 2.25. The summed E-state index contributed by atoms with van der Waals surface area (Å²) in [6, 6.07) is 5.29. The van der Waals surface area contributed by atoms with Crippen molar-refractivity contribution in [2.75, 3.05) is 13.1 Å². The van der Waals surface area contributed by atoms with Crippen LogP contribution in [0.2, 0.25) is 0 Å². The number of likely N-dealkylation sites (tertiary alicyclic amines) is 1. The van der Waals surface area contributed by atoms with Crippen LogP contribution in [0.3, 0.4) is 0 Å². The van der Waals surface area contributed by atoms with Gasteiger partial charge in [0, 0.05) is 26.3 Å². The second-order valence-electron chi connectivity index (χ2n) is 5.76. The van der Waals surface area contributed by atoms with Gasteiger partial charge < -0.3 is 9.32 Å². The van der Waals surface area contributed by atoms with Crippen molar-refractivity contribution in [2.24, 2.45) is 7.05 Å². The topological polar surface area (TPSA) is 73.3 Å². The van der Waals surface area contributed by atoms with Crippen LogP contribution in [-0.2, 0) is 7.05 Å². The summed E-state index contributed by atoms with van der Waals surface area (Å²) in [5.41, 5.74) is 1.91. The van der Waals surface area contributed by atoms with E-state index in [4.69, 9.17) is 4.42 Å². The first kappa shape index (κ1) is 13.8. The fraction of sp³-hybridized carbons (Fsp3) is 0.312. The Morgan fingerprint density at radius 3 is 3.04 bits per heavy atom. The van der Waals surface area contributed by atoms with Crippen LogP contribution in [0.5, 0.6) is 0 Å². The molecular formula is C16H16N4O3. The Morgan fingerprint density at radius 1 is 1.39 bits per heavy atom. The zero-order valence-electron chi connectivity index (χ0n) is 12.7. The Hall–Kier alpha value is -2.83. The van der Waals surface area contributed by atoms with Crippen LogP contribution in [0.4, 0.5) is 0 Å². The molecule has 7 heteroatoms. The quantitative estimate of drug-likeness (QED) is 0.717. The van der Waals surface area contributed by atoms with Gasteiger partial charge in [0.15, 0.2) is 5.65 Å². The minimum absolute atomic E-state index is 0.0584. The van der Waals surface area contributed by atoms with Crippen molar-refractivity contribution in [3.05, 3.63) is 53.0 Å². The number of fused-ring (bicyclic) bond motifs is 1. The van der Waals surface area contributed by atoms with Crippen LogP contribution >= 0.6 is 0 Å². The zero-order valence-corrected chi connectivity index (χ0v) is 12.7. The van der Waals surface area contributed by atoms with Crippen LogP contribution in [0.25, 0.3) is 11.2 Å². The van der Waals surface area contributed by atoms with Crippen molar-refractivity contribution in [3.8, 4) is 0 Å². The number of aryl methyl sites for hydroxylation is 1. The number of nitrogens with zero attached hydrogens (tertiary/aromatic N) is 4. The van der Waals surface area contributed by atoms with Crippen molar-refractivity contribution in [3.63, 3.8) is 0 Å². The molecule has 1 amide bonds. The summed E-state index contributed by atoms with van der Waals surface area (Å²) >= 11 is 0. The SMILES string of the molecule is Cn1c(=O)n([C@@H]2CCN(C(=O)c3ccoc3)C2)c2ncccc21. The Bertz CT molecular complexity index is 923. The number of aromatic nitrogens is 3. The van der Waals surface area contributed by atoms with Gasteiger partial charge in [-0.3, -0.25) is 13.9 Å². The van der Waals surface area contributed by atoms with Gasteiger partial charge in [-0.25, -0.2) is 9.78 Å². The summed E-state index contributed by atoms with van der Waals surface area (Å²) in [7, 11) is 1.74. The first-order chi connectivity index (χ1) is 11.2. The number of pyridine rings is 1. The largest absolute Gasteiger partial charge is 0.472 e. The third-order valence-electron chi connectivity index (χ3n) is 4.43. The molecule has 3 aromatic heterocycles. The smallest absolute Gasteiger partial charge is 0.330 e. The van der Waals surface area contributed by atoms with E-state index in [2.05, 4.69) is 4.98 Å².